The number of nitrogens with zero attached hydrogens (tertiary/aromatic N) is 1. The van der Waals surface area contributed by atoms with Crippen LogP contribution in [-0.2, 0) is 17.6 Å². The molecule has 0 saturated carbocycles. The highest BCUT2D eigenvalue weighted by molar-refractivity contribution is 8.00. The van der Waals surface area contributed by atoms with Gasteiger partial charge in [-0.25, -0.2) is 0 Å². The van der Waals surface area contributed by atoms with E-state index in [4.69, 9.17) is 0 Å². The topological polar surface area (TPSA) is 82.0 Å². The summed E-state index contributed by atoms with van der Waals surface area (Å²) in [5.74, 6) is -0.104. The fraction of sp³-hybridized carbons (Fsp3) is 0.179. The summed E-state index contributed by atoms with van der Waals surface area (Å²) in [4.78, 5) is 27.5. The third kappa shape index (κ3) is 5.24. The highest BCUT2D eigenvalue weighted by Gasteiger charge is 2.21. The van der Waals surface area contributed by atoms with Crippen LogP contribution in [0.15, 0.2) is 71.6 Å². The first-order valence-corrected chi connectivity index (χ1v) is 13.3. The van der Waals surface area contributed by atoms with Crippen molar-refractivity contribution in [1.29, 1.82) is 5.26 Å². The van der Waals surface area contributed by atoms with Gasteiger partial charge >= 0.3 is 0 Å². The zero-order valence-corrected chi connectivity index (χ0v) is 20.6. The van der Waals surface area contributed by atoms with E-state index < -0.39 is 0 Å². The van der Waals surface area contributed by atoms with Crippen LogP contribution in [0.1, 0.15) is 39.2 Å². The summed E-state index contributed by atoms with van der Waals surface area (Å²) in [6.45, 7) is 0. The lowest BCUT2D eigenvalue weighted by Gasteiger charge is -2.09. The van der Waals surface area contributed by atoms with E-state index in [0.29, 0.717) is 21.8 Å². The van der Waals surface area contributed by atoms with E-state index in [0.717, 1.165) is 46.9 Å². The van der Waals surface area contributed by atoms with Crippen molar-refractivity contribution >= 4 is 56.4 Å². The Bertz CT molecular complexity index is 1470. The normalized spacial score (nSPS) is 12.5. The smallest absolute Gasteiger partial charge is 0.255 e. The van der Waals surface area contributed by atoms with Gasteiger partial charge in [0, 0.05) is 21.0 Å². The maximum atomic E-state index is 12.8. The van der Waals surface area contributed by atoms with Gasteiger partial charge in [0.25, 0.3) is 5.91 Å². The predicted molar refractivity (Wildman–Crippen MR) is 143 cm³/mol. The predicted octanol–water partition coefficient (Wildman–Crippen LogP) is 6.63. The van der Waals surface area contributed by atoms with E-state index in [2.05, 4.69) is 16.7 Å². The lowest BCUT2D eigenvalue weighted by atomic mass is 9.96. The van der Waals surface area contributed by atoms with Crippen molar-refractivity contribution in [3.05, 3.63) is 88.3 Å². The minimum atomic E-state index is -0.179. The number of hydrogen-bond donors (Lipinski definition) is 2. The molecule has 0 radical (unpaired) electrons. The highest BCUT2D eigenvalue weighted by Crippen LogP contribution is 2.37. The molecule has 0 fully saturated rings. The van der Waals surface area contributed by atoms with Crippen LogP contribution in [0, 0.1) is 11.3 Å². The molecule has 0 spiro atoms. The number of rotatable bonds is 6. The van der Waals surface area contributed by atoms with Crippen molar-refractivity contribution in [3.63, 3.8) is 0 Å². The number of carbonyl (C=O) groups is 2. The van der Waals surface area contributed by atoms with Gasteiger partial charge in [-0.05, 0) is 72.4 Å². The molecular formula is C28H23N3O2S2. The molecule has 35 heavy (non-hydrogen) atoms. The zero-order chi connectivity index (χ0) is 24.2. The zero-order valence-electron chi connectivity index (χ0n) is 19.0. The molecule has 5 nitrogen and oxygen atoms in total. The van der Waals surface area contributed by atoms with E-state index in [-0.39, 0.29) is 17.6 Å². The standard InChI is InChI=1S/C28H23N3O2S2/c29-16-24-23-10-3-4-11-25(23)35-28(24)31-26(32)17-34-22-9-5-8-21(15-22)30-27(33)20-13-12-18-6-1-2-7-19(18)14-20/h1-2,5-9,12-15H,3-4,10-11,17H2,(H,30,33)(H,31,32). The molecular weight excluding hydrogens is 474 g/mol. The SMILES string of the molecule is N#Cc1c(NC(=O)CSc2cccc(NC(=O)c3ccc4ccccc4c3)c2)sc2c1CCCC2. The molecule has 0 unspecified atom stereocenters. The summed E-state index contributed by atoms with van der Waals surface area (Å²) < 4.78 is 0. The molecule has 1 aromatic heterocycles. The first kappa shape index (κ1) is 23.2. The second kappa shape index (κ2) is 10.3. The van der Waals surface area contributed by atoms with Crippen LogP contribution in [0.25, 0.3) is 10.8 Å². The Morgan fingerprint density at radius 2 is 1.77 bits per heavy atom. The second-order valence-electron chi connectivity index (χ2n) is 8.41. The molecule has 1 aliphatic rings. The maximum absolute atomic E-state index is 12.8. The molecule has 1 aliphatic carbocycles. The molecule has 1 heterocycles. The summed E-state index contributed by atoms with van der Waals surface area (Å²) in [5.41, 5.74) is 3.00. The van der Waals surface area contributed by atoms with E-state index >= 15 is 0 Å². The van der Waals surface area contributed by atoms with Crippen LogP contribution >= 0.6 is 23.1 Å². The largest absolute Gasteiger partial charge is 0.322 e. The van der Waals surface area contributed by atoms with Gasteiger partial charge in [-0.3, -0.25) is 9.59 Å². The van der Waals surface area contributed by atoms with Gasteiger partial charge in [0.1, 0.15) is 11.1 Å². The molecule has 0 aliphatic heterocycles. The lowest BCUT2D eigenvalue weighted by molar-refractivity contribution is -0.113. The number of anilines is 2. The molecule has 0 atom stereocenters. The van der Waals surface area contributed by atoms with Crippen molar-refractivity contribution in [2.45, 2.75) is 30.6 Å². The quantitative estimate of drug-likeness (QED) is 0.293. The molecule has 174 valence electrons. The Balaban J connectivity index is 1.21. The second-order valence-corrected chi connectivity index (χ2v) is 10.6. The minimum absolute atomic E-state index is 0.143. The van der Waals surface area contributed by atoms with Gasteiger partial charge in [0.05, 0.1) is 11.3 Å². The number of fused-ring (bicyclic) bond motifs is 2. The van der Waals surface area contributed by atoms with Gasteiger partial charge in [-0.1, -0.05) is 36.4 Å². The highest BCUT2D eigenvalue weighted by atomic mass is 32.2. The first-order chi connectivity index (χ1) is 17.1. The molecule has 7 heteroatoms. The van der Waals surface area contributed by atoms with E-state index in [1.807, 2.05) is 66.7 Å². The van der Waals surface area contributed by atoms with Crippen molar-refractivity contribution in [2.24, 2.45) is 0 Å². The Kier molecular flexibility index (Phi) is 6.84. The maximum Gasteiger partial charge on any atom is 0.255 e. The average Bonchev–Trinajstić information content (AvgIpc) is 3.24. The summed E-state index contributed by atoms with van der Waals surface area (Å²) in [7, 11) is 0. The van der Waals surface area contributed by atoms with Crippen molar-refractivity contribution in [1.82, 2.24) is 0 Å². The number of benzene rings is 3. The van der Waals surface area contributed by atoms with Gasteiger partial charge in [-0.2, -0.15) is 5.26 Å². The number of nitrogens with one attached hydrogen (secondary N) is 2. The molecule has 5 rings (SSSR count). The number of carbonyl (C=O) groups excluding carboxylic acids is 2. The van der Waals surface area contributed by atoms with Gasteiger partial charge in [0.2, 0.25) is 5.91 Å². The molecule has 4 aromatic rings. The van der Waals surface area contributed by atoms with Gasteiger partial charge in [-0.15, -0.1) is 23.1 Å². The first-order valence-electron chi connectivity index (χ1n) is 11.5. The number of nitriles is 1. The average molecular weight is 498 g/mol. The number of aryl methyl sites for hydroxylation is 1. The van der Waals surface area contributed by atoms with Crippen LogP contribution in [-0.4, -0.2) is 17.6 Å². The number of amides is 2. The minimum Gasteiger partial charge on any atom is -0.322 e. The third-order valence-electron chi connectivity index (χ3n) is 6.01. The summed E-state index contributed by atoms with van der Waals surface area (Å²) in [6.07, 6.45) is 4.12. The van der Waals surface area contributed by atoms with Crippen LogP contribution in [0.4, 0.5) is 10.7 Å². The Labute approximate surface area is 212 Å². The van der Waals surface area contributed by atoms with E-state index in [1.54, 1.807) is 0 Å². The monoisotopic (exact) mass is 497 g/mol. The van der Waals surface area contributed by atoms with E-state index in [1.165, 1.54) is 28.0 Å². The van der Waals surface area contributed by atoms with Crippen LogP contribution in [0.2, 0.25) is 0 Å². The van der Waals surface area contributed by atoms with Crippen molar-refractivity contribution in [3.8, 4) is 6.07 Å². The number of thioether (sulfide) groups is 1. The summed E-state index contributed by atoms with van der Waals surface area (Å²) in [5, 5.41) is 18.2. The van der Waals surface area contributed by atoms with Gasteiger partial charge in [0.15, 0.2) is 0 Å². The van der Waals surface area contributed by atoms with Crippen LogP contribution < -0.4 is 10.6 Å². The number of thiophene rings is 1. The Morgan fingerprint density at radius 3 is 2.63 bits per heavy atom. The molecule has 3 aromatic carbocycles. The van der Waals surface area contributed by atoms with Gasteiger partial charge < -0.3 is 10.6 Å². The molecule has 0 saturated heterocycles. The van der Waals surface area contributed by atoms with Crippen molar-refractivity contribution in [2.75, 3.05) is 16.4 Å². The molecule has 0 bridgehead atoms. The van der Waals surface area contributed by atoms with Crippen LogP contribution in [0.5, 0.6) is 0 Å². The summed E-state index contributed by atoms with van der Waals surface area (Å²) in [6, 6.07) is 23.3. The Hall–Kier alpha value is -3.60. The number of hydrogen-bond acceptors (Lipinski definition) is 5. The van der Waals surface area contributed by atoms with Crippen molar-refractivity contribution < 1.29 is 9.59 Å². The lowest BCUT2D eigenvalue weighted by Crippen LogP contribution is -2.14. The summed E-state index contributed by atoms with van der Waals surface area (Å²) >= 11 is 2.93. The fourth-order valence-corrected chi connectivity index (χ4v) is 6.29. The third-order valence-corrected chi connectivity index (χ3v) is 8.21. The molecule has 2 N–H and O–H groups in total. The van der Waals surface area contributed by atoms with E-state index in [9.17, 15) is 14.9 Å². The van der Waals surface area contributed by atoms with Crippen LogP contribution in [0.3, 0.4) is 0 Å². The Morgan fingerprint density at radius 1 is 0.943 bits per heavy atom. The molecule has 2 amide bonds. The fourth-order valence-electron chi connectivity index (χ4n) is 4.28.